The van der Waals surface area contributed by atoms with E-state index in [2.05, 4.69) is 29.4 Å². The highest BCUT2D eigenvalue weighted by atomic mass is 16.5. The van der Waals surface area contributed by atoms with Crippen LogP contribution < -0.4 is 20.7 Å². The largest absolute Gasteiger partial charge is 0.494 e. The zero-order chi connectivity index (χ0) is 15.1. The van der Waals surface area contributed by atoms with Gasteiger partial charge in [-0.05, 0) is 43.5 Å². The van der Waals surface area contributed by atoms with E-state index >= 15 is 0 Å². The van der Waals surface area contributed by atoms with Gasteiger partial charge in [-0.2, -0.15) is 0 Å². The number of likely N-dealkylation sites (N-methyl/N-ethyl adjacent to an activating group) is 1. The minimum Gasteiger partial charge on any atom is -0.494 e. The van der Waals surface area contributed by atoms with Crippen molar-refractivity contribution in [3.63, 3.8) is 0 Å². The van der Waals surface area contributed by atoms with Crippen LogP contribution >= 0.6 is 0 Å². The Morgan fingerprint density at radius 2 is 2.14 bits per heavy atom. The van der Waals surface area contributed by atoms with Crippen molar-refractivity contribution in [1.29, 1.82) is 0 Å². The molecule has 0 atom stereocenters. The fourth-order valence-electron chi connectivity index (χ4n) is 2.62. The molecular weight excluding hydrogens is 266 g/mol. The number of nitrogens with two attached hydrogens (primary N) is 1. The highest BCUT2D eigenvalue weighted by molar-refractivity contribution is 5.79. The smallest absolute Gasteiger partial charge is 0.144 e. The molecule has 0 unspecified atom stereocenters. The second-order valence-corrected chi connectivity index (χ2v) is 5.44. The van der Waals surface area contributed by atoms with Gasteiger partial charge in [0.15, 0.2) is 0 Å². The summed E-state index contributed by atoms with van der Waals surface area (Å²) in [7, 11) is 3.81. The Morgan fingerprint density at radius 3 is 2.90 bits per heavy atom. The van der Waals surface area contributed by atoms with Gasteiger partial charge in [-0.25, -0.2) is 0 Å². The Hall–Kier alpha value is -1.46. The van der Waals surface area contributed by atoms with Crippen LogP contribution in [-0.4, -0.2) is 40.4 Å². The summed E-state index contributed by atoms with van der Waals surface area (Å²) in [6, 6.07) is 4.23. The van der Waals surface area contributed by atoms with E-state index in [1.54, 1.807) is 7.11 Å². The number of nitrogens with zero attached hydrogens (tertiary/aromatic N) is 1. The standard InChI is InChI=1S/C16H27N3O2/c1-19-8-7-18-14-10-13(11-15(20-2)16(14)19)12-21-9-5-3-4-6-17/h10-11,18H,3-9,12,17H2,1-2H3. The second-order valence-electron chi connectivity index (χ2n) is 5.44. The third kappa shape index (κ3) is 4.25. The van der Waals surface area contributed by atoms with Crippen LogP contribution in [0.3, 0.4) is 0 Å². The van der Waals surface area contributed by atoms with E-state index in [1.165, 1.54) is 0 Å². The topological polar surface area (TPSA) is 59.8 Å². The molecule has 2 rings (SSSR count). The van der Waals surface area contributed by atoms with Gasteiger partial charge in [0.1, 0.15) is 11.4 Å². The minimum atomic E-state index is 0.623. The van der Waals surface area contributed by atoms with Gasteiger partial charge in [0.25, 0.3) is 0 Å². The predicted octanol–water partition coefficient (Wildman–Crippen LogP) is 2.20. The van der Waals surface area contributed by atoms with Crippen molar-refractivity contribution in [2.24, 2.45) is 5.73 Å². The number of anilines is 2. The molecule has 21 heavy (non-hydrogen) atoms. The first-order valence-electron chi connectivity index (χ1n) is 7.70. The SMILES string of the molecule is COc1cc(COCCCCCN)cc2c1N(C)CCN2. The maximum absolute atomic E-state index is 5.75. The average Bonchev–Trinajstić information content (AvgIpc) is 2.50. The fraction of sp³-hybridized carbons (Fsp3) is 0.625. The van der Waals surface area contributed by atoms with E-state index in [9.17, 15) is 0 Å². The number of unbranched alkanes of at least 4 members (excludes halogenated alkanes) is 2. The minimum absolute atomic E-state index is 0.623. The van der Waals surface area contributed by atoms with Gasteiger partial charge in [0.05, 0.1) is 19.4 Å². The van der Waals surface area contributed by atoms with Gasteiger partial charge in [-0.1, -0.05) is 0 Å². The monoisotopic (exact) mass is 293 g/mol. The first-order valence-corrected chi connectivity index (χ1v) is 7.70. The molecule has 0 radical (unpaired) electrons. The van der Waals surface area contributed by atoms with Crippen molar-refractivity contribution in [2.75, 3.05) is 50.6 Å². The summed E-state index contributed by atoms with van der Waals surface area (Å²) in [6.07, 6.45) is 3.28. The maximum atomic E-state index is 5.75. The molecule has 0 fully saturated rings. The Morgan fingerprint density at radius 1 is 1.29 bits per heavy atom. The van der Waals surface area contributed by atoms with Crippen molar-refractivity contribution < 1.29 is 9.47 Å². The number of fused-ring (bicyclic) bond motifs is 1. The fourth-order valence-corrected chi connectivity index (χ4v) is 2.62. The molecule has 1 heterocycles. The van der Waals surface area contributed by atoms with Crippen molar-refractivity contribution >= 4 is 11.4 Å². The molecular formula is C16H27N3O2. The first-order chi connectivity index (χ1) is 10.3. The van der Waals surface area contributed by atoms with Crippen LogP contribution in [0.5, 0.6) is 5.75 Å². The molecule has 0 saturated heterocycles. The van der Waals surface area contributed by atoms with Gasteiger partial charge in [0.2, 0.25) is 0 Å². The molecule has 0 amide bonds. The number of nitrogens with one attached hydrogen (secondary N) is 1. The highest BCUT2D eigenvalue weighted by Gasteiger charge is 2.19. The second kappa shape index (κ2) is 8.10. The van der Waals surface area contributed by atoms with Gasteiger partial charge in [0, 0.05) is 26.7 Å². The summed E-state index contributed by atoms with van der Waals surface area (Å²) in [4.78, 5) is 2.22. The summed E-state index contributed by atoms with van der Waals surface area (Å²) in [5.74, 6) is 0.906. The molecule has 1 aliphatic rings. The summed E-state index contributed by atoms with van der Waals surface area (Å²) >= 11 is 0. The van der Waals surface area contributed by atoms with E-state index in [0.717, 1.165) is 68.2 Å². The molecule has 5 nitrogen and oxygen atoms in total. The van der Waals surface area contributed by atoms with Gasteiger partial charge in [-0.15, -0.1) is 0 Å². The zero-order valence-corrected chi connectivity index (χ0v) is 13.2. The number of hydrogen-bond donors (Lipinski definition) is 2. The maximum Gasteiger partial charge on any atom is 0.144 e. The van der Waals surface area contributed by atoms with E-state index in [1.807, 2.05) is 0 Å². The summed E-state index contributed by atoms with van der Waals surface area (Å²) in [6.45, 7) is 4.11. The zero-order valence-electron chi connectivity index (χ0n) is 13.2. The van der Waals surface area contributed by atoms with Crippen LogP contribution in [-0.2, 0) is 11.3 Å². The van der Waals surface area contributed by atoms with Crippen LogP contribution in [0.1, 0.15) is 24.8 Å². The van der Waals surface area contributed by atoms with Crippen LogP contribution in [0.2, 0.25) is 0 Å². The van der Waals surface area contributed by atoms with Crippen LogP contribution in [0.25, 0.3) is 0 Å². The summed E-state index contributed by atoms with van der Waals surface area (Å²) < 4.78 is 11.3. The van der Waals surface area contributed by atoms with E-state index < -0.39 is 0 Å². The molecule has 0 saturated carbocycles. The molecule has 1 aromatic carbocycles. The number of benzene rings is 1. The number of hydrogen-bond acceptors (Lipinski definition) is 5. The van der Waals surface area contributed by atoms with Gasteiger partial charge >= 0.3 is 0 Å². The van der Waals surface area contributed by atoms with E-state index in [-0.39, 0.29) is 0 Å². The van der Waals surface area contributed by atoms with Crippen LogP contribution in [0, 0.1) is 0 Å². The molecule has 1 aliphatic heterocycles. The quantitative estimate of drug-likeness (QED) is 0.720. The molecule has 0 aliphatic carbocycles. The Kier molecular flexibility index (Phi) is 6.14. The van der Waals surface area contributed by atoms with E-state index in [0.29, 0.717) is 6.61 Å². The first kappa shape index (κ1) is 15.9. The molecule has 0 aromatic heterocycles. The van der Waals surface area contributed by atoms with Crippen LogP contribution in [0.4, 0.5) is 11.4 Å². The average molecular weight is 293 g/mol. The van der Waals surface area contributed by atoms with Crippen molar-refractivity contribution in [1.82, 2.24) is 0 Å². The van der Waals surface area contributed by atoms with Crippen molar-refractivity contribution in [3.8, 4) is 5.75 Å². The third-order valence-electron chi connectivity index (χ3n) is 3.76. The molecule has 0 bridgehead atoms. The van der Waals surface area contributed by atoms with Crippen molar-refractivity contribution in [3.05, 3.63) is 17.7 Å². The molecule has 118 valence electrons. The Labute approximate surface area is 127 Å². The van der Waals surface area contributed by atoms with E-state index in [4.69, 9.17) is 15.2 Å². The molecule has 0 spiro atoms. The lowest BCUT2D eigenvalue weighted by atomic mass is 10.1. The highest BCUT2D eigenvalue weighted by Crippen LogP contribution is 2.38. The normalized spacial score (nSPS) is 13.8. The lowest BCUT2D eigenvalue weighted by Gasteiger charge is -2.30. The van der Waals surface area contributed by atoms with Crippen molar-refractivity contribution in [2.45, 2.75) is 25.9 Å². The Balaban J connectivity index is 1.95. The summed E-state index contributed by atoms with van der Waals surface area (Å²) in [5, 5.41) is 3.44. The number of methoxy groups -OCH3 is 1. The third-order valence-corrected chi connectivity index (χ3v) is 3.76. The summed E-state index contributed by atoms with van der Waals surface area (Å²) in [5.41, 5.74) is 8.89. The Bertz CT molecular complexity index is 434. The molecule has 3 N–H and O–H groups in total. The van der Waals surface area contributed by atoms with Gasteiger partial charge < -0.3 is 25.4 Å². The molecule has 5 heteroatoms. The number of ether oxygens (including phenoxy) is 2. The lowest BCUT2D eigenvalue weighted by Crippen LogP contribution is -2.30. The number of rotatable bonds is 8. The van der Waals surface area contributed by atoms with Crippen LogP contribution in [0.15, 0.2) is 12.1 Å². The lowest BCUT2D eigenvalue weighted by molar-refractivity contribution is 0.117. The predicted molar refractivity (Wildman–Crippen MR) is 87.3 cm³/mol. The van der Waals surface area contributed by atoms with Gasteiger partial charge in [-0.3, -0.25) is 0 Å². The molecule has 1 aromatic rings.